The molecule has 2 saturated heterocycles. The highest BCUT2D eigenvalue weighted by molar-refractivity contribution is 5.65. The molecule has 1 saturated carbocycles. The lowest BCUT2D eigenvalue weighted by Gasteiger charge is -2.23. The van der Waals surface area contributed by atoms with Gasteiger partial charge in [0.2, 0.25) is 0 Å². The van der Waals surface area contributed by atoms with Gasteiger partial charge in [0.25, 0.3) is 0 Å². The summed E-state index contributed by atoms with van der Waals surface area (Å²) in [7, 11) is 0. The van der Waals surface area contributed by atoms with Crippen LogP contribution in [0.15, 0.2) is 24.3 Å². The third-order valence-corrected chi connectivity index (χ3v) is 7.28. The number of aryl methyl sites for hydroxylation is 1. The van der Waals surface area contributed by atoms with Crippen LogP contribution in [0.3, 0.4) is 0 Å². The summed E-state index contributed by atoms with van der Waals surface area (Å²) in [4.78, 5) is 2.49. The fourth-order valence-corrected chi connectivity index (χ4v) is 5.67. The van der Waals surface area contributed by atoms with E-state index in [0.717, 1.165) is 58.2 Å². The van der Waals surface area contributed by atoms with E-state index in [4.69, 9.17) is 4.74 Å². The Kier molecular flexibility index (Phi) is 6.03. The van der Waals surface area contributed by atoms with Crippen molar-refractivity contribution in [3.8, 4) is 11.3 Å². The third-order valence-electron chi connectivity index (χ3n) is 7.28. The fraction of sp³-hybridized carbons (Fsp3) is 0.583. The van der Waals surface area contributed by atoms with E-state index in [0.29, 0.717) is 28.9 Å². The number of nitrogens with one attached hydrogen (secondary N) is 1. The first kappa shape index (κ1) is 22.5. The van der Waals surface area contributed by atoms with Crippen molar-refractivity contribution in [1.29, 1.82) is 0 Å². The number of likely N-dealkylation sites (tertiary alicyclic amines) is 1. The summed E-state index contributed by atoms with van der Waals surface area (Å²) in [6, 6.07) is 4.89. The van der Waals surface area contributed by atoms with Gasteiger partial charge in [-0.25, -0.2) is 4.39 Å². The van der Waals surface area contributed by atoms with E-state index in [1.165, 1.54) is 18.2 Å². The molecule has 3 aliphatic rings. The van der Waals surface area contributed by atoms with Crippen molar-refractivity contribution in [2.75, 3.05) is 38.2 Å². The van der Waals surface area contributed by atoms with E-state index in [-0.39, 0.29) is 17.6 Å². The van der Waals surface area contributed by atoms with Crippen molar-refractivity contribution in [3.63, 3.8) is 0 Å². The van der Waals surface area contributed by atoms with Gasteiger partial charge in [0, 0.05) is 37.8 Å². The number of benzene rings is 1. The molecule has 0 bridgehead atoms. The van der Waals surface area contributed by atoms with Crippen molar-refractivity contribution in [2.45, 2.75) is 38.4 Å². The second kappa shape index (κ2) is 8.83. The molecule has 1 aromatic carbocycles. The number of aromatic nitrogens is 2. The first-order chi connectivity index (χ1) is 15.8. The Morgan fingerprint density at radius 1 is 1.12 bits per heavy atom. The molecule has 1 N–H and O–H groups in total. The van der Waals surface area contributed by atoms with Gasteiger partial charge in [0.05, 0.1) is 12.3 Å². The quantitative estimate of drug-likeness (QED) is 0.647. The second-order valence-corrected chi connectivity index (χ2v) is 9.73. The fourth-order valence-electron chi connectivity index (χ4n) is 5.67. The van der Waals surface area contributed by atoms with Crippen molar-refractivity contribution in [3.05, 3.63) is 41.2 Å². The Bertz CT molecular complexity index is 994. The molecule has 2 aromatic rings. The first-order valence-corrected chi connectivity index (χ1v) is 11.5. The lowest BCUT2D eigenvalue weighted by molar-refractivity contribution is -0.137. The lowest BCUT2D eigenvalue weighted by Crippen LogP contribution is -2.30. The predicted octanol–water partition coefficient (Wildman–Crippen LogP) is 4.77. The Hall–Kier alpha value is -2.26. The van der Waals surface area contributed by atoms with Crippen LogP contribution < -0.4 is 5.32 Å². The van der Waals surface area contributed by atoms with Crippen molar-refractivity contribution < 1.29 is 22.3 Å². The minimum absolute atomic E-state index is 0.0136. The zero-order valence-electron chi connectivity index (χ0n) is 18.5. The van der Waals surface area contributed by atoms with Gasteiger partial charge in [-0.15, -0.1) is 10.2 Å². The van der Waals surface area contributed by atoms with Gasteiger partial charge in [-0.2, -0.15) is 13.2 Å². The van der Waals surface area contributed by atoms with E-state index in [9.17, 15) is 17.6 Å². The van der Waals surface area contributed by atoms with Gasteiger partial charge in [0.1, 0.15) is 11.4 Å². The Balaban J connectivity index is 1.29. The largest absolute Gasteiger partial charge is 0.420 e. The minimum Gasteiger partial charge on any atom is -0.381 e. The Morgan fingerprint density at radius 2 is 1.88 bits per heavy atom. The monoisotopic (exact) mass is 464 g/mol. The van der Waals surface area contributed by atoms with Crippen LogP contribution in [-0.4, -0.2) is 54.0 Å². The maximum Gasteiger partial charge on any atom is 0.420 e. The molecule has 178 valence electrons. The number of ether oxygens (including phenoxy) is 1. The number of nitrogens with zero attached hydrogens (tertiary/aromatic N) is 3. The molecule has 0 unspecified atom stereocenters. The summed E-state index contributed by atoms with van der Waals surface area (Å²) in [6.07, 6.45) is -1.83. The van der Waals surface area contributed by atoms with Gasteiger partial charge in [0.15, 0.2) is 5.82 Å². The standard InChI is InChI=1S/C24H28F4N4O/c1-14-2-3-18(25)8-20(14)22-9-21(24(26,27)28)23(31-30-22)29-19-6-16-11-32(12-17(16)7-19)10-15-4-5-33-13-15/h2-3,8-9,15-17,19H,4-7,10-13H2,1H3,(H,29,31)/t15-,16-,17+,19-/m1/s1. The van der Waals surface area contributed by atoms with Gasteiger partial charge >= 0.3 is 6.18 Å². The van der Waals surface area contributed by atoms with Crippen LogP contribution in [-0.2, 0) is 10.9 Å². The molecule has 0 amide bonds. The van der Waals surface area contributed by atoms with E-state index < -0.39 is 17.6 Å². The zero-order valence-corrected chi connectivity index (χ0v) is 18.5. The highest BCUT2D eigenvalue weighted by Gasteiger charge is 2.43. The van der Waals surface area contributed by atoms with Crippen LogP contribution in [0.2, 0.25) is 0 Å². The molecule has 1 aliphatic carbocycles. The van der Waals surface area contributed by atoms with Crippen molar-refractivity contribution in [1.82, 2.24) is 15.1 Å². The highest BCUT2D eigenvalue weighted by atomic mass is 19.4. The first-order valence-electron chi connectivity index (χ1n) is 11.5. The van der Waals surface area contributed by atoms with Crippen LogP contribution in [0.4, 0.5) is 23.4 Å². The maximum atomic E-state index is 13.9. The molecule has 4 atom stereocenters. The molecule has 3 heterocycles. The number of hydrogen-bond acceptors (Lipinski definition) is 5. The SMILES string of the molecule is Cc1ccc(F)cc1-c1cc(C(F)(F)F)c(N[C@@H]2C[C@@H]3CN(C[C@H]4CCOC4)C[C@@H]3C2)nn1. The summed E-state index contributed by atoms with van der Waals surface area (Å²) in [5.74, 6) is 0.802. The number of halogens is 4. The van der Waals surface area contributed by atoms with E-state index in [1.807, 2.05) is 0 Å². The number of rotatable bonds is 5. The average Bonchev–Trinajstić information content (AvgIpc) is 3.47. The summed E-state index contributed by atoms with van der Waals surface area (Å²) in [6.45, 7) is 6.42. The number of fused-ring (bicyclic) bond motifs is 1. The molecular formula is C24H28F4N4O. The van der Waals surface area contributed by atoms with Crippen molar-refractivity contribution in [2.24, 2.45) is 17.8 Å². The number of hydrogen-bond donors (Lipinski definition) is 1. The molecule has 2 aliphatic heterocycles. The van der Waals surface area contributed by atoms with Gasteiger partial charge in [-0.1, -0.05) is 6.07 Å². The summed E-state index contributed by atoms with van der Waals surface area (Å²) < 4.78 is 60.8. The molecule has 33 heavy (non-hydrogen) atoms. The van der Waals surface area contributed by atoms with E-state index >= 15 is 0 Å². The third kappa shape index (κ3) is 4.84. The number of anilines is 1. The minimum atomic E-state index is -4.59. The topological polar surface area (TPSA) is 50.3 Å². The van der Waals surface area contributed by atoms with Crippen LogP contribution >= 0.6 is 0 Å². The Morgan fingerprint density at radius 3 is 2.55 bits per heavy atom. The van der Waals surface area contributed by atoms with Crippen LogP contribution in [0, 0.1) is 30.5 Å². The summed E-state index contributed by atoms with van der Waals surface area (Å²) >= 11 is 0. The lowest BCUT2D eigenvalue weighted by atomic mass is 10.0. The highest BCUT2D eigenvalue weighted by Crippen LogP contribution is 2.42. The summed E-state index contributed by atoms with van der Waals surface area (Å²) in [5, 5.41) is 10.9. The average molecular weight is 465 g/mol. The zero-order chi connectivity index (χ0) is 23.2. The molecule has 5 nitrogen and oxygen atoms in total. The normalized spacial score (nSPS) is 27.8. The molecule has 5 rings (SSSR count). The molecule has 3 fully saturated rings. The van der Waals surface area contributed by atoms with Crippen LogP contribution in [0.25, 0.3) is 11.3 Å². The van der Waals surface area contributed by atoms with Crippen LogP contribution in [0.5, 0.6) is 0 Å². The van der Waals surface area contributed by atoms with Gasteiger partial charge < -0.3 is 15.0 Å². The smallest absolute Gasteiger partial charge is 0.381 e. The molecular weight excluding hydrogens is 436 g/mol. The van der Waals surface area contributed by atoms with Gasteiger partial charge in [-0.3, -0.25) is 0 Å². The van der Waals surface area contributed by atoms with Crippen LogP contribution in [0.1, 0.15) is 30.4 Å². The molecule has 1 aromatic heterocycles. The predicted molar refractivity (Wildman–Crippen MR) is 116 cm³/mol. The molecule has 0 spiro atoms. The molecule has 9 heteroatoms. The molecule has 0 radical (unpaired) electrons. The number of alkyl halides is 3. The van der Waals surface area contributed by atoms with E-state index in [1.54, 1.807) is 6.92 Å². The van der Waals surface area contributed by atoms with E-state index in [2.05, 4.69) is 20.4 Å². The Labute approximate surface area is 190 Å². The van der Waals surface area contributed by atoms with Gasteiger partial charge in [-0.05, 0) is 67.7 Å². The second-order valence-electron chi connectivity index (χ2n) is 9.73. The summed E-state index contributed by atoms with van der Waals surface area (Å²) in [5.41, 5.74) is 0.0929. The van der Waals surface area contributed by atoms with Crippen molar-refractivity contribution >= 4 is 5.82 Å². The maximum absolute atomic E-state index is 13.9.